The van der Waals surface area contributed by atoms with E-state index < -0.39 is 0 Å². The van der Waals surface area contributed by atoms with E-state index in [0.717, 1.165) is 41.8 Å². The second kappa shape index (κ2) is 7.31. The fourth-order valence-electron chi connectivity index (χ4n) is 3.50. The van der Waals surface area contributed by atoms with E-state index >= 15 is 0 Å². The van der Waals surface area contributed by atoms with Crippen LogP contribution in [0.3, 0.4) is 0 Å². The Labute approximate surface area is 159 Å². The largest absolute Gasteiger partial charge is 0.324 e. The summed E-state index contributed by atoms with van der Waals surface area (Å²) in [5, 5.41) is 2.96. The van der Waals surface area contributed by atoms with Gasteiger partial charge in [0.25, 0.3) is 0 Å². The molecule has 136 valence electrons. The van der Waals surface area contributed by atoms with Crippen LogP contribution in [-0.2, 0) is 17.6 Å². The Hall–Kier alpha value is -3.01. The number of hydrogen-bond acceptors (Lipinski definition) is 3. The van der Waals surface area contributed by atoms with E-state index in [2.05, 4.69) is 40.6 Å². The molecular formula is C23H23N3O. The second-order valence-electron chi connectivity index (χ2n) is 7.34. The third-order valence-corrected chi connectivity index (χ3v) is 5.01. The third-order valence-electron chi connectivity index (χ3n) is 5.01. The van der Waals surface area contributed by atoms with Crippen molar-refractivity contribution in [1.82, 2.24) is 9.97 Å². The van der Waals surface area contributed by atoms with Crippen LogP contribution in [0.1, 0.15) is 31.4 Å². The molecule has 2 heterocycles. The molecule has 2 aromatic heterocycles. The number of carbonyl (C=O) groups excluding carboxylic acids is 1. The van der Waals surface area contributed by atoms with Gasteiger partial charge in [-0.3, -0.25) is 14.8 Å². The molecule has 1 aliphatic rings. The zero-order valence-corrected chi connectivity index (χ0v) is 15.7. The monoisotopic (exact) mass is 357 g/mol. The summed E-state index contributed by atoms with van der Waals surface area (Å²) in [5.74, 6) is -0.0313. The van der Waals surface area contributed by atoms with E-state index in [-0.39, 0.29) is 11.8 Å². The summed E-state index contributed by atoms with van der Waals surface area (Å²) >= 11 is 0. The molecule has 27 heavy (non-hydrogen) atoms. The summed E-state index contributed by atoms with van der Waals surface area (Å²) in [6.07, 6.45) is 8.52. The first kappa shape index (κ1) is 17.4. The van der Waals surface area contributed by atoms with Crippen LogP contribution in [0, 0.1) is 5.92 Å². The van der Waals surface area contributed by atoms with Crippen molar-refractivity contribution < 1.29 is 4.79 Å². The maximum Gasteiger partial charge on any atom is 0.226 e. The number of pyridine rings is 2. The lowest BCUT2D eigenvalue weighted by molar-refractivity contribution is -0.118. The summed E-state index contributed by atoms with van der Waals surface area (Å²) in [6, 6.07) is 12.7. The number of fused-ring (bicyclic) bond motifs is 3. The van der Waals surface area contributed by atoms with Gasteiger partial charge in [-0.05, 0) is 54.2 Å². The molecule has 1 amide bonds. The highest BCUT2D eigenvalue weighted by molar-refractivity contribution is 5.92. The maximum atomic E-state index is 12.0. The molecule has 4 nitrogen and oxygen atoms in total. The number of aryl methyl sites for hydroxylation is 2. The minimum Gasteiger partial charge on any atom is -0.324 e. The Bertz CT molecular complexity index is 980. The molecule has 0 radical (unpaired) electrons. The molecule has 0 saturated heterocycles. The van der Waals surface area contributed by atoms with E-state index in [9.17, 15) is 4.79 Å². The number of hydrogen-bond donors (Lipinski definition) is 1. The molecule has 0 fully saturated rings. The molecule has 0 bridgehead atoms. The van der Waals surface area contributed by atoms with Crippen LogP contribution in [0.15, 0.2) is 55.0 Å². The van der Waals surface area contributed by atoms with Gasteiger partial charge in [0.1, 0.15) is 0 Å². The second-order valence-corrected chi connectivity index (χ2v) is 7.34. The molecule has 0 spiro atoms. The Morgan fingerprint density at radius 3 is 2.67 bits per heavy atom. The topological polar surface area (TPSA) is 54.9 Å². The van der Waals surface area contributed by atoms with Crippen LogP contribution in [0.25, 0.3) is 22.4 Å². The highest BCUT2D eigenvalue weighted by atomic mass is 16.1. The van der Waals surface area contributed by atoms with Gasteiger partial charge in [-0.1, -0.05) is 32.0 Å². The zero-order valence-electron chi connectivity index (χ0n) is 15.7. The van der Waals surface area contributed by atoms with E-state index in [4.69, 9.17) is 4.98 Å². The highest BCUT2D eigenvalue weighted by Gasteiger charge is 2.18. The maximum absolute atomic E-state index is 12.0. The standard InChI is InChI=1S/C23H23N3O/c1-15(2)23(27)26-20-11-18-6-3-5-16-8-9-17(19-7-4-10-24-13-19)12-21(16)22(18)25-14-20/h4,7-15H,3,5-6H2,1-2H3,(H,26,27). The van der Waals surface area contributed by atoms with Crippen molar-refractivity contribution in [1.29, 1.82) is 0 Å². The fraction of sp³-hybridized carbons (Fsp3) is 0.261. The average Bonchev–Trinajstić information content (AvgIpc) is 2.87. The molecule has 1 aliphatic carbocycles. The minimum absolute atomic E-state index is 0.0182. The van der Waals surface area contributed by atoms with Gasteiger partial charge in [-0.15, -0.1) is 0 Å². The van der Waals surface area contributed by atoms with Crippen LogP contribution in [0.5, 0.6) is 0 Å². The lowest BCUT2D eigenvalue weighted by Gasteiger charge is -2.13. The Morgan fingerprint density at radius 2 is 1.89 bits per heavy atom. The Morgan fingerprint density at radius 1 is 1.04 bits per heavy atom. The molecule has 4 rings (SSSR count). The smallest absolute Gasteiger partial charge is 0.226 e. The van der Waals surface area contributed by atoms with Gasteiger partial charge in [-0.2, -0.15) is 0 Å². The molecule has 1 aromatic carbocycles. The van der Waals surface area contributed by atoms with Crippen molar-refractivity contribution in [3.8, 4) is 22.4 Å². The summed E-state index contributed by atoms with van der Waals surface area (Å²) in [6.45, 7) is 3.78. The summed E-state index contributed by atoms with van der Waals surface area (Å²) in [7, 11) is 0. The number of amides is 1. The number of rotatable bonds is 3. The van der Waals surface area contributed by atoms with Crippen LogP contribution in [0.4, 0.5) is 5.69 Å². The third kappa shape index (κ3) is 3.61. The van der Waals surface area contributed by atoms with Gasteiger partial charge in [0.15, 0.2) is 0 Å². The summed E-state index contributed by atoms with van der Waals surface area (Å²) in [4.78, 5) is 21.0. The molecule has 1 N–H and O–H groups in total. The number of aromatic nitrogens is 2. The lowest BCUT2D eigenvalue weighted by Crippen LogP contribution is -2.18. The zero-order chi connectivity index (χ0) is 18.8. The van der Waals surface area contributed by atoms with E-state index in [0.29, 0.717) is 0 Å². The highest BCUT2D eigenvalue weighted by Crippen LogP contribution is 2.35. The average molecular weight is 357 g/mol. The predicted octanol–water partition coefficient (Wildman–Crippen LogP) is 4.89. The molecule has 0 saturated carbocycles. The minimum atomic E-state index is -0.0495. The predicted molar refractivity (Wildman–Crippen MR) is 108 cm³/mol. The summed E-state index contributed by atoms with van der Waals surface area (Å²) in [5.41, 5.74) is 7.76. The van der Waals surface area contributed by atoms with Crippen LogP contribution in [-0.4, -0.2) is 15.9 Å². The van der Waals surface area contributed by atoms with Crippen LogP contribution >= 0.6 is 0 Å². The van der Waals surface area contributed by atoms with Gasteiger partial charge in [0.05, 0.1) is 17.6 Å². The van der Waals surface area contributed by atoms with Gasteiger partial charge >= 0.3 is 0 Å². The first-order valence-corrected chi connectivity index (χ1v) is 9.45. The van der Waals surface area contributed by atoms with Gasteiger partial charge in [-0.25, -0.2) is 0 Å². The molecular weight excluding hydrogens is 334 g/mol. The van der Waals surface area contributed by atoms with Crippen molar-refractivity contribution in [2.75, 3.05) is 5.32 Å². The number of anilines is 1. The van der Waals surface area contributed by atoms with Crippen LogP contribution in [0.2, 0.25) is 0 Å². The van der Waals surface area contributed by atoms with Crippen molar-refractivity contribution in [2.24, 2.45) is 5.92 Å². The Balaban J connectivity index is 1.75. The Kier molecular flexibility index (Phi) is 4.71. The quantitative estimate of drug-likeness (QED) is 0.726. The van der Waals surface area contributed by atoms with Gasteiger partial charge in [0, 0.05) is 29.4 Å². The SMILES string of the molecule is CC(C)C(=O)Nc1cnc2c(c1)CCCc1ccc(-c3cccnc3)cc1-2. The molecule has 3 aromatic rings. The normalized spacial score (nSPS) is 12.9. The number of carbonyl (C=O) groups is 1. The van der Waals surface area contributed by atoms with Gasteiger partial charge in [0.2, 0.25) is 5.91 Å². The van der Waals surface area contributed by atoms with E-state index in [1.807, 2.05) is 26.1 Å². The molecule has 4 heteroatoms. The molecule has 0 atom stereocenters. The first-order chi connectivity index (χ1) is 13.1. The van der Waals surface area contributed by atoms with Crippen molar-refractivity contribution in [3.05, 3.63) is 66.1 Å². The lowest BCUT2D eigenvalue weighted by atomic mass is 9.96. The molecule has 0 aliphatic heterocycles. The van der Waals surface area contributed by atoms with Crippen LogP contribution < -0.4 is 5.32 Å². The van der Waals surface area contributed by atoms with Crippen molar-refractivity contribution in [3.63, 3.8) is 0 Å². The summed E-state index contributed by atoms with van der Waals surface area (Å²) < 4.78 is 0. The van der Waals surface area contributed by atoms with Crippen molar-refractivity contribution >= 4 is 11.6 Å². The number of benzene rings is 1. The number of nitrogens with zero attached hydrogens (tertiary/aromatic N) is 2. The van der Waals surface area contributed by atoms with Crippen molar-refractivity contribution in [2.45, 2.75) is 33.1 Å². The van der Waals surface area contributed by atoms with E-state index in [1.54, 1.807) is 12.4 Å². The number of nitrogens with one attached hydrogen (secondary N) is 1. The first-order valence-electron chi connectivity index (χ1n) is 9.45. The fourth-order valence-corrected chi connectivity index (χ4v) is 3.50. The molecule has 0 unspecified atom stereocenters. The van der Waals surface area contributed by atoms with E-state index in [1.165, 1.54) is 16.7 Å². The van der Waals surface area contributed by atoms with Gasteiger partial charge < -0.3 is 5.32 Å².